The second kappa shape index (κ2) is 3.70. The minimum absolute atomic E-state index is 0.678. The Morgan fingerprint density at radius 1 is 1.53 bits per heavy atom. The van der Waals surface area contributed by atoms with Gasteiger partial charge in [0.2, 0.25) is 0 Å². The average Bonchev–Trinajstić information content (AvgIpc) is 2.70. The second-order valence-corrected chi connectivity index (χ2v) is 3.91. The number of aromatic nitrogens is 1. The zero-order valence-electron chi connectivity index (χ0n) is 7.77. The summed E-state index contributed by atoms with van der Waals surface area (Å²) in [4.78, 5) is 4.04. The van der Waals surface area contributed by atoms with E-state index in [4.69, 9.17) is 17.4 Å². The number of terminal acetylenes is 1. The van der Waals surface area contributed by atoms with Crippen molar-refractivity contribution >= 4 is 21.4 Å². The Bertz CT molecular complexity index is 586. The Balaban J connectivity index is 2.81. The van der Waals surface area contributed by atoms with Gasteiger partial charge in [0.25, 0.3) is 0 Å². The number of rotatable bonds is 1. The van der Waals surface area contributed by atoms with Crippen LogP contribution in [0.2, 0.25) is 0 Å². The number of nitrogens with zero attached hydrogens (tertiary/aromatic N) is 2. The predicted octanol–water partition coefficient (Wildman–Crippen LogP) is 1.80. The molecular formula is C11H7N3S. The SMILES string of the molecule is C#Cc1csc2cncc(C(N)C#N)c12. The number of fused-ring (bicyclic) bond motifs is 1. The van der Waals surface area contributed by atoms with Gasteiger partial charge in [0.1, 0.15) is 6.04 Å². The normalized spacial score (nSPS) is 11.9. The summed E-state index contributed by atoms with van der Waals surface area (Å²) in [5.41, 5.74) is 7.15. The summed E-state index contributed by atoms with van der Waals surface area (Å²) in [6, 6.07) is 1.31. The van der Waals surface area contributed by atoms with E-state index in [0.717, 1.165) is 15.6 Å². The molecule has 0 radical (unpaired) electrons. The van der Waals surface area contributed by atoms with Gasteiger partial charge in [-0.25, -0.2) is 0 Å². The third-order valence-corrected chi connectivity index (χ3v) is 3.06. The van der Waals surface area contributed by atoms with Gasteiger partial charge in [-0.2, -0.15) is 5.26 Å². The topological polar surface area (TPSA) is 62.7 Å². The predicted molar refractivity (Wildman–Crippen MR) is 60.1 cm³/mol. The van der Waals surface area contributed by atoms with E-state index in [0.29, 0.717) is 5.56 Å². The zero-order valence-corrected chi connectivity index (χ0v) is 8.58. The van der Waals surface area contributed by atoms with Crippen LogP contribution < -0.4 is 5.73 Å². The van der Waals surface area contributed by atoms with E-state index < -0.39 is 6.04 Å². The van der Waals surface area contributed by atoms with E-state index in [1.54, 1.807) is 12.4 Å². The first-order valence-electron chi connectivity index (χ1n) is 4.25. The van der Waals surface area contributed by atoms with Gasteiger partial charge in [-0.05, 0) is 0 Å². The molecule has 2 heterocycles. The van der Waals surface area contributed by atoms with Gasteiger partial charge in [0.15, 0.2) is 0 Å². The fraction of sp³-hybridized carbons (Fsp3) is 0.0909. The first kappa shape index (κ1) is 9.67. The molecule has 0 bridgehead atoms. The van der Waals surface area contributed by atoms with Crippen LogP contribution in [0.5, 0.6) is 0 Å². The molecule has 1 unspecified atom stereocenters. The standard InChI is InChI=1S/C11H7N3S/c1-2-7-6-15-10-5-14-4-8(11(7)10)9(13)3-12/h1,4-6,9H,13H2. The van der Waals surface area contributed by atoms with Crippen molar-refractivity contribution in [1.82, 2.24) is 4.98 Å². The first-order valence-corrected chi connectivity index (χ1v) is 5.12. The molecule has 4 heteroatoms. The Morgan fingerprint density at radius 3 is 3.00 bits per heavy atom. The molecule has 0 aliphatic heterocycles. The molecule has 3 nitrogen and oxygen atoms in total. The van der Waals surface area contributed by atoms with Crippen molar-refractivity contribution in [1.29, 1.82) is 5.26 Å². The van der Waals surface area contributed by atoms with Crippen molar-refractivity contribution in [2.75, 3.05) is 0 Å². The summed E-state index contributed by atoms with van der Waals surface area (Å²) >= 11 is 1.51. The van der Waals surface area contributed by atoms with Gasteiger partial charge >= 0.3 is 0 Å². The Kier molecular flexibility index (Phi) is 2.39. The number of nitriles is 1. The maximum atomic E-state index is 8.80. The molecule has 2 N–H and O–H groups in total. The lowest BCUT2D eigenvalue weighted by Crippen LogP contribution is -2.08. The molecule has 0 spiro atoms. The first-order chi connectivity index (χ1) is 7.27. The van der Waals surface area contributed by atoms with Crippen LogP contribution in [0.25, 0.3) is 10.1 Å². The molecule has 15 heavy (non-hydrogen) atoms. The molecule has 0 aliphatic carbocycles. The number of nitrogens with two attached hydrogens (primary N) is 1. The summed E-state index contributed by atoms with van der Waals surface area (Å²) in [7, 11) is 0. The van der Waals surface area contributed by atoms with Gasteiger partial charge in [-0.15, -0.1) is 17.8 Å². The smallest absolute Gasteiger partial charge is 0.121 e. The summed E-state index contributed by atoms with van der Waals surface area (Å²) in [5, 5.41) is 11.6. The van der Waals surface area contributed by atoms with Crippen LogP contribution in [0.15, 0.2) is 17.8 Å². The summed E-state index contributed by atoms with van der Waals surface area (Å²) in [6.07, 6.45) is 8.71. The molecule has 2 rings (SSSR count). The fourth-order valence-corrected chi connectivity index (χ4v) is 2.33. The molecular weight excluding hydrogens is 206 g/mol. The number of thiophene rings is 1. The van der Waals surface area contributed by atoms with Crippen LogP contribution >= 0.6 is 11.3 Å². The largest absolute Gasteiger partial charge is 0.312 e. The van der Waals surface area contributed by atoms with Gasteiger partial charge in [0, 0.05) is 34.3 Å². The van der Waals surface area contributed by atoms with Gasteiger partial charge in [-0.1, -0.05) is 5.92 Å². The monoisotopic (exact) mass is 213 g/mol. The lowest BCUT2D eigenvalue weighted by Gasteiger charge is -2.04. The van der Waals surface area contributed by atoms with Gasteiger partial charge in [0.05, 0.1) is 10.8 Å². The van der Waals surface area contributed by atoms with Crippen molar-refractivity contribution in [3.05, 3.63) is 28.9 Å². The Hall–Kier alpha value is -1.88. The van der Waals surface area contributed by atoms with Crippen molar-refractivity contribution in [2.24, 2.45) is 5.73 Å². The molecule has 0 saturated heterocycles. The second-order valence-electron chi connectivity index (χ2n) is 3.00. The van der Waals surface area contributed by atoms with Gasteiger partial charge in [-0.3, -0.25) is 4.98 Å². The van der Waals surface area contributed by atoms with E-state index in [9.17, 15) is 0 Å². The Labute approximate surface area is 91.2 Å². The molecule has 0 saturated carbocycles. The molecule has 72 valence electrons. The molecule has 0 aromatic carbocycles. The molecule has 1 atom stereocenters. The lowest BCUT2D eigenvalue weighted by atomic mass is 10.0. The maximum absolute atomic E-state index is 8.80. The highest BCUT2D eigenvalue weighted by atomic mass is 32.1. The van der Waals surface area contributed by atoms with E-state index in [2.05, 4.69) is 10.9 Å². The Morgan fingerprint density at radius 2 is 2.33 bits per heavy atom. The molecule has 2 aromatic heterocycles. The highest BCUT2D eigenvalue weighted by Crippen LogP contribution is 2.29. The number of hydrogen-bond acceptors (Lipinski definition) is 4. The minimum Gasteiger partial charge on any atom is -0.312 e. The van der Waals surface area contributed by atoms with E-state index >= 15 is 0 Å². The van der Waals surface area contributed by atoms with Gasteiger partial charge < -0.3 is 5.73 Å². The third-order valence-electron chi connectivity index (χ3n) is 2.14. The van der Waals surface area contributed by atoms with Crippen molar-refractivity contribution in [2.45, 2.75) is 6.04 Å². The molecule has 0 aliphatic rings. The highest BCUT2D eigenvalue weighted by molar-refractivity contribution is 7.17. The van der Waals surface area contributed by atoms with Crippen molar-refractivity contribution in [3.8, 4) is 18.4 Å². The van der Waals surface area contributed by atoms with Crippen LogP contribution in [0, 0.1) is 23.7 Å². The third kappa shape index (κ3) is 1.46. The number of pyridine rings is 1. The van der Waals surface area contributed by atoms with E-state index in [-0.39, 0.29) is 0 Å². The van der Waals surface area contributed by atoms with Crippen molar-refractivity contribution < 1.29 is 0 Å². The maximum Gasteiger partial charge on any atom is 0.121 e. The summed E-state index contributed by atoms with van der Waals surface area (Å²) < 4.78 is 0.964. The van der Waals surface area contributed by atoms with Crippen LogP contribution in [0.4, 0.5) is 0 Å². The lowest BCUT2D eigenvalue weighted by molar-refractivity contribution is 0.928. The average molecular weight is 213 g/mol. The van der Waals surface area contributed by atoms with Crippen LogP contribution in [-0.2, 0) is 0 Å². The van der Waals surface area contributed by atoms with Crippen LogP contribution in [0.1, 0.15) is 17.2 Å². The molecule has 0 fully saturated rings. The van der Waals surface area contributed by atoms with E-state index in [1.165, 1.54) is 11.3 Å². The summed E-state index contributed by atoms with van der Waals surface area (Å²) in [6.45, 7) is 0. The van der Waals surface area contributed by atoms with Crippen LogP contribution in [-0.4, -0.2) is 4.98 Å². The van der Waals surface area contributed by atoms with Crippen LogP contribution in [0.3, 0.4) is 0 Å². The molecule has 2 aromatic rings. The minimum atomic E-state index is -0.678. The summed E-state index contributed by atoms with van der Waals surface area (Å²) in [5.74, 6) is 2.59. The van der Waals surface area contributed by atoms with E-state index in [1.807, 2.05) is 11.4 Å². The quantitative estimate of drug-likeness (QED) is 0.735. The number of hydrogen-bond donors (Lipinski definition) is 1. The zero-order chi connectivity index (χ0) is 10.8. The highest BCUT2D eigenvalue weighted by Gasteiger charge is 2.13. The van der Waals surface area contributed by atoms with Crippen molar-refractivity contribution in [3.63, 3.8) is 0 Å². The fourth-order valence-electron chi connectivity index (χ4n) is 1.43. The molecule has 0 amide bonds.